The molecule has 2 N–H and O–H groups in total. The summed E-state index contributed by atoms with van der Waals surface area (Å²) in [6.07, 6.45) is 4.96. The average Bonchev–Trinajstić information content (AvgIpc) is 3.38. The number of nitrogens with one attached hydrogen (secondary N) is 2. The number of carbonyl (C=O) groups excluding carboxylic acids is 1. The summed E-state index contributed by atoms with van der Waals surface area (Å²) in [4.78, 5) is 12.7. The van der Waals surface area contributed by atoms with Crippen molar-refractivity contribution in [2.24, 2.45) is 17.8 Å². The summed E-state index contributed by atoms with van der Waals surface area (Å²) in [5.41, 5.74) is 1.04. The molecule has 172 valence electrons. The van der Waals surface area contributed by atoms with Crippen molar-refractivity contribution in [3.63, 3.8) is 0 Å². The second kappa shape index (κ2) is 9.24. The minimum Gasteiger partial charge on any atom is -0.491 e. The van der Waals surface area contributed by atoms with E-state index in [0.717, 1.165) is 12.3 Å². The maximum Gasteiger partial charge on any atom is 0.255 e. The Morgan fingerprint density at radius 3 is 2.22 bits per heavy atom. The molecule has 32 heavy (non-hydrogen) atoms. The van der Waals surface area contributed by atoms with Crippen molar-refractivity contribution in [2.75, 3.05) is 5.32 Å². The zero-order chi connectivity index (χ0) is 22.9. The molecule has 6 nitrogen and oxygen atoms in total. The standard InChI is InChI=1S/C25H32N2O4S/c1-16(2)31-22-10-6-19(7-11-22)25(28)26-21-8-12-23(13-9-21)32(29,30)27-17(3)24-15-18-4-5-20(24)14-18/h6-13,16-18,20,24,27H,4-5,14-15H2,1-3H3,(H,26,28)/t17-,18-,20-,24+/m1/s1. The van der Waals surface area contributed by atoms with Gasteiger partial charge in [0.15, 0.2) is 0 Å². The van der Waals surface area contributed by atoms with Gasteiger partial charge in [0, 0.05) is 17.3 Å². The highest BCUT2D eigenvalue weighted by Gasteiger charge is 2.42. The topological polar surface area (TPSA) is 84.5 Å². The Hall–Kier alpha value is -2.38. The van der Waals surface area contributed by atoms with Crippen molar-refractivity contribution in [3.8, 4) is 5.75 Å². The van der Waals surface area contributed by atoms with Crippen molar-refractivity contribution in [1.29, 1.82) is 0 Å². The van der Waals surface area contributed by atoms with E-state index in [1.807, 2.05) is 20.8 Å². The predicted molar refractivity (Wildman–Crippen MR) is 125 cm³/mol. The van der Waals surface area contributed by atoms with E-state index in [4.69, 9.17) is 4.74 Å². The van der Waals surface area contributed by atoms with Crippen LogP contribution in [0.1, 0.15) is 56.8 Å². The fourth-order valence-electron chi connectivity index (χ4n) is 5.18. The molecule has 0 unspecified atom stereocenters. The number of fused-ring (bicyclic) bond motifs is 2. The van der Waals surface area contributed by atoms with Gasteiger partial charge in [-0.25, -0.2) is 13.1 Å². The summed E-state index contributed by atoms with van der Waals surface area (Å²) in [6, 6.07) is 13.1. The second-order valence-corrected chi connectivity index (χ2v) is 11.1. The van der Waals surface area contributed by atoms with Crippen molar-refractivity contribution in [3.05, 3.63) is 54.1 Å². The highest BCUT2D eigenvalue weighted by Crippen LogP contribution is 2.49. The molecule has 2 aromatic carbocycles. The fraction of sp³-hybridized carbons (Fsp3) is 0.480. The quantitative estimate of drug-likeness (QED) is 0.596. The highest BCUT2D eigenvalue weighted by atomic mass is 32.2. The maximum absolute atomic E-state index is 12.9. The van der Waals surface area contributed by atoms with Gasteiger partial charge in [-0.05, 0) is 106 Å². The van der Waals surface area contributed by atoms with Crippen LogP contribution in [-0.4, -0.2) is 26.5 Å². The normalized spacial score (nSPS) is 23.3. The van der Waals surface area contributed by atoms with Crippen LogP contribution < -0.4 is 14.8 Å². The first kappa shape index (κ1) is 22.8. The van der Waals surface area contributed by atoms with Gasteiger partial charge in [-0.3, -0.25) is 4.79 Å². The minimum absolute atomic E-state index is 0.0650. The number of carbonyl (C=O) groups is 1. The first-order valence-electron chi connectivity index (χ1n) is 11.4. The number of hydrogen-bond donors (Lipinski definition) is 2. The van der Waals surface area contributed by atoms with E-state index in [-0.39, 0.29) is 22.9 Å². The number of sulfonamides is 1. The van der Waals surface area contributed by atoms with E-state index in [1.165, 1.54) is 31.4 Å². The summed E-state index contributed by atoms with van der Waals surface area (Å²) < 4.78 is 34.2. The summed E-state index contributed by atoms with van der Waals surface area (Å²) in [5, 5.41) is 2.81. The van der Waals surface area contributed by atoms with Crippen LogP contribution in [0.4, 0.5) is 5.69 Å². The van der Waals surface area contributed by atoms with Gasteiger partial charge < -0.3 is 10.1 Å². The van der Waals surface area contributed by atoms with Gasteiger partial charge in [-0.15, -0.1) is 0 Å². The maximum atomic E-state index is 12.9. The van der Waals surface area contributed by atoms with Gasteiger partial charge in [0.2, 0.25) is 10.0 Å². The molecule has 2 aliphatic carbocycles. The lowest BCUT2D eigenvalue weighted by molar-refractivity contribution is 0.102. The third-order valence-corrected chi connectivity index (χ3v) is 8.26. The third kappa shape index (κ3) is 5.15. The molecule has 4 atom stereocenters. The average molecular weight is 457 g/mol. The molecule has 0 heterocycles. The van der Waals surface area contributed by atoms with Crippen molar-refractivity contribution < 1.29 is 17.9 Å². The Bertz CT molecular complexity index is 1050. The van der Waals surface area contributed by atoms with Crippen LogP contribution in [0.5, 0.6) is 5.75 Å². The Balaban J connectivity index is 1.36. The molecule has 4 rings (SSSR count). The molecule has 0 aliphatic heterocycles. The van der Waals surface area contributed by atoms with Crippen LogP contribution in [0, 0.1) is 17.8 Å². The van der Waals surface area contributed by atoms with E-state index < -0.39 is 10.0 Å². The Labute approximate surface area is 190 Å². The summed E-state index contributed by atoms with van der Waals surface area (Å²) in [5.74, 6) is 2.30. The molecule has 2 saturated carbocycles. The molecule has 7 heteroatoms. The van der Waals surface area contributed by atoms with Crippen molar-refractivity contribution in [2.45, 2.75) is 63.5 Å². The molecule has 0 radical (unpaired) electrons. The van der Waals surface area contributed by atoms with E-state index in [9.17, 15) is 13.2 Å². The van der Waals surface area contributed by atoms with Crippen LogP contribution >= 0.6 is 0 Å². The number of anilines is 1. The molecule has 2 bridgehead atoms. The van der Waals surface area contributed by atoms with E-state index in [0.29, 0.717) is 28.8 Å². The lowest BCUT2D eigenvalue weighted by Gasteiger charge is -2.28. The van der Waals surface area contributed by atoms with Gasteiger partial charge in [0.25, 0.3) is 5.91 Å². The predicted octanol–water partition coefficient (Wildman–Crippen LogP) is 4.83. The Morgan fingerprint density at radius 2 is 1.66 bits per heavy atom. The van der Waals surface area contributed by atoms with Crippen LogP contribution in [0.15, 0.2) is 53.4 Å². The summed E-state index contributed by atoms with van der Waals surface area (Å²) in [6.45, 7) is 5.87. The molecular formula is C25H32N2O4S. The number of rotatable bonds is 8. The largest absolute Gasteiger partial charge is 0.491 e. The van der Waals surface area contributed by atoms with Crippen molar-refractivity contribution in [1.82, 2.24) is 4.72 Å². The number of amides is 1. The number of benzene rings is 2. The van der Waals surface area contributed by atoms with E-state index >= 15 is 0 Å². The van der Waals surface area contributed by atoms with Gasteiger partial charge in [-0.2, -0.15) is 0 Å². The van der Waals surface area contributed by atoms with E-state index in [1.54, 1.807) is 36.4 Å². The first-order valence-corrected chi connectivity index (χ1v) is 12.9. The smallest absolute Gasteiger partial charge is 0.255 e. The molecule has 1 amide bonds. The zero-order valence-corrected chi connectivity index (χ0v) is 19.7. The lowest BCUT2D eigenvalue weighted by atomic mass is 9.84. The molecule has 2 fully saturated rings. The minimum atomic E-state index is -3.60. The molecule has 0 spiro atoms. The van der Waals surface area contributed by atoms with Crippen LogP contribution in [0.3, 0.4) is 0 Å². The van der Waals surface area contributed by atoms with Gasteiger partial charge in [-0.1, -0.05) is 6.42 Å². The van der Waals surface area contributed by atoms with Crippen molar-refractivity contribution >= 4 is 21.6 Å². The Morgan fingerprint density at radius 1 is 0.969 bits per heavy atom. The lowest BCUT2D eigenvalue weighted by Crippen LogP contribution is -2.40. The fourth-order valence-corrected chi connectivity index (χ4v) is 6.48. The Kier molecular flexibility index (Phi) is 6.58. The van der Waals surface area contributed by atoms with Gasteiger partial charge in [0.1, 0.15) is 5.75 Å². The zero-order valence-electron chi connectivity index (χ0n) is 18.9. The SMILES string of the molecule is CC(C)Oc1ccc(C(=O)Nc2ccc(S(=O)(=O)N[C@H](C)[C@@H]3C[C@@H]4CC[C@@H]3C4)cc2)cc1. The van der Waals surface area contributed by atoms with E-state index in [2.05, 4.69) is 10.0 Å². The van der Waals surface area contributed by atoms with Crippen LogP contribution in [0.25, 0.3) is 0 Å². The molecule has 2 aromatic rings. The summed E-state index contributed by atoms with van der Waals surface area (Å²) >= 11 is 0. The number of ether oxygens (including phenoxy) is 1. The van der Waals surface area contributed by atoms with Crippen LogP contribution in [-0.2, 0) is 10.0 Å². The van der Waals surface area contributed by atoms with Crippen LogP contribution in [0.2, 0.25) is 0 Å². The second-order valence-electron chi connectivity index (χ2n) is 9.42. The monoisotopic (exact) mass is 456 g/mol. The van der Waals surface area contributed by atoms with Gasteiger partial charge in [0.05, 0.1) is 11.0 Å². The third-order valence-electron chi connectivity index (χ3n) is 6.69. The number of hydrogen-bond acceptors (Lipinski definition) is 4. The molecule has 0 saturated heterocycles. The molecule has 0 aromatic heterocycles. The molecule has 2 aliphatic rings. The highest BCUT2D eigenvalue weighted by molar-refractivity contribution is 7.89. The van der Waals surface area contributed by atoms with Gasteiger partial charge >= 0.3 is 0 Å². The first-order chi connectivity index (χ1) is 15.2. The summed E-state index contributed by atoms with van der Waals surface area (Å²) in [7, 11) is -3.60. The molecular weight excluding hydrogens is 424 g/mol.